The number of ketones is 1. The van der Waals surface area contributed by atoms with Crippen molar-refractivity contribution in [1.29, 1.82) is 0 Å². The topological polar surface area (TPSA) is 49.7 Å². The van der Waals surface area contributed by atoms with Crippen LogP contribution in [0, 0.1) is 20.8 Å². The molecule has 0 unspecified atom stereocenters. The monoisotopic (exact) mass is 394 g/mol. The van der Waals surface area contributed by atoms with Crippen LogP contribution in [-0.2, 0) is 10.5 Å². The second kappa shape index (κ2) is 8.74. The maximum atomic E-state index is 12.6. The molecule has 0 atom stereocenters. The largest absolute Gasteiger partial charge is 0.294 e. The van der Waals surface area contributed by atoms with Gasteiger partial charge in [0.25, 0.3) is 5.91 Å². The van der Waals surface area contributed by atoms with Crippen molar-refractivity contribution >= 4 is 29.2 Å². The fourth-order valence-corrected chi connectivity index (χ4v) is 4.85. The minimum atomic E-state index is 0.0325. The molecule has 1 aliphatic heterocycles. The third-order valence-electron chi connectivity index (χ3n) is 5.15. The smallest absolute Gasteiger partial charge is 0.252 e. The van der Waals surface area contributed by atoms with Gasteiger partial charge in [-0.2, -0.15) is 5.10 Å². The van der Waals surface area contributed by atoms with Crippen molar-refractivity contribution in [2.75, 3.05) is 12.3 Å². The van der Waals surface area contributed by atoms with Crippen LogP contribution < -0.4 is 0 Å². The third kappa shape index (κ3) is 4.36. The Balaban J connectivity index is 1.63. The van der Waals surface area contributed by atoms with Gasteiger partial charge < -0.3 is 0 Å². The molecule has 0 fully saturated rings. The molecule has 1 heterocycles. The summed E-state index contributed by atoms with van der Waals surface area (Å²) < 4.78 is 0. The standard InChI is InChI=1S/C23H26N2O2S/c1-15-12-16(2)23(18(4)26)17(3)20(15)13-28-14-22(27)25-11-10-21(24-25)19-8-6-5-7-9-19/h5-9,12H,10-11,13-14H2,1-4H3. The summed E-state index contributed by atoms with van der Waals surface area (Å²) in [6.45, 7) is 8.30. The fourth-order valence-electron chi connectivity index (χ4n) is 3.78. The lowest BCUT2D eigenvalue weighted by molar-refractivity contribution is -0.127. The molecule has 2 aromatic carbocycles. The predicted octanol–water partition coefficient (Wildman–Crippen LogP) is 4.68. The van der Waals surface area contributed by atoms with E-state index in [9.17, 15) is 9.59 Å². The minimum Gasteiger partial charge on any atom is -0.294 e. The molecule has 5 heteroatoms. The van der Waals surface area contributed by atoms with Crippen molar-refractivity contribution in [2.24, 2.45) is 5.10 Å². The van der Waals surface area contributed by atoms with Gasteiger partial charge in [-0.1, -0.05) is 36.4 Å². The maximum Gasteiger partial charge on any atom is 0.252 e. The van der Waals surface area contributed by atoms with Crippen LogP contribution in [0.5, 0.6) is 0 Å². The molecule has 0 aromatic heterocycles. The number of aryl methyl sites for hydroxylation is 2. The zero-order chi connectivity index (χ0) is 20.3. The van der Waals surface area contributed by atoms with E-state index in [-0.39, 0.29) is 11.7 Å². The Bertz CT molecular complexity index is 935. The first kappa shape index (κ1) is 20.3. The predicted molar refractivity (Wildman–Crippen MR) is 116 cm³/mol. The van der Waals surface area contributed by atoms with Crippen molar-refractivity contribution in [3.8, 4) is 0 Å². The van der Waals surface area contributed by atoms with E-state index in [1.54, 1.807) is 23.7 Å². The Morgan fingerprint density at radius 3 is 2.50 bits per heavy atom. The van der Waals surface area contributed by atoms with Gasteiger partial charge in [0, 0.05) is 17.7 Å². The molecule has 0 saturated heterocycles. The van der Waals surface area contributed by atoms with Crippen LogP contribution in [0.3, 0.4) is 0 Å². The van der Waals surface area contributed by atoms with E-state index >= 15 is 0 Å². The molecule has 0 aliphatic carbocycles. The van der Waals surface area contributed by atoms with E-state index in [2.05, 4.69) is 18.1 Å². The Labute approximate surface area is 171 Å². The van der Waals surface area contributed by atoms with Crippen LogP contribution in [0.25, 0.3) is 0 Å². The molecule has 146 valence electrons. The van der Waals surface area contributed by atoms with Crippen LogP contribution >= 0.6 is 11.8 Å². The molecule has 0 radical (unpaired) electrons. The highest BCUT2D eigenvalue weighted by molar-refractivity contribution is 7.99. The highest BCUT2D eigenvalue weighted by Gasteiger charge is 2.21. The zero-order valence-electron chi connectivity index (χ0n) is 16.9. The highest BCUT2D eigenvalue weighted by atomic mass is 32.2. The number of thioether (sulfide) groups is 1. The van der Waals surface area contributed by atoms with Gasteiger partial charge in [0.1, 0.15) is 0 Å². The zero-order valence-corrected chi connectivity index (χ0v) is 17.7. The van der Waals surface area contributed by atoms with Crippen molar-refractivity contribution in [3.05, 3.63) is 69.8 Å². The lowest BCUT2D eigenvalue weighted by atomic mass is 9.92. The van der Waals surface area contributed by atoms with E-state index < -0.39 is 0 Å². The lowest BCUT2D eigenvalue weighted by Crippen LogP contribution is -2.25. The lowest BCUT2D eigenvalue weighted by Gasteiger charge is -2.16. The highest BCUT2D eigenvalue weighted by Crippen LogP contribution is 2.27. The van der Waals surface area contributed by atoms with Crippen molar-refractivity contribution in [3.63, 3.8) is 0 Å². The number of nitrogens with zero attached hydrogens (tertiary/aromatic N) is 2. The molecule has 1 amide bonds. The van der Waals surface area contributed by atoms with E-state index in [0.29, 0.717) is 18.1 Å². The summed E-state index contributed by atoms with van der Waals surface area (Å²) >= 11 is 1.58. The molecule has 2 aromatic rings. The van der Waals surface area contributed by atoms with Gasteiger partial charge in [-0.05, 0) is 55.5 Å². The number of Topliss-reactive ketones (excluding diaryl/α,β-unsaturated/α-hetero) is 1. The second-order valence-electron chi connectivity index (χ2n) is 7.22. The minimum absolute atomic E-state index is 0.0325. The first-order valence-corrected chi connectivity index (χ1v) is 10.7. The molecule has 1 aliphatic rings. The fraction of sp³-hybridized carbons (Fsp3) is 0.348. The number of amides is 1. The Morgan fingerprint density at radius 1 is 1.11 bits per heavy atom. The molecule has 0 N–H and O–H groups in total. The normalized spacial score (nSPS) is 13.6. The molecular formula is C23H26N2O2S. The maximum absolute atomic E-state index is 12.6. The summed E-state index contributed by atoms with van der Waals surface area (Å²) in [5.74, 6) is 1.23. The van der Waals surface area contributed by atoms with Crippen molar-refractivity contribution in [1.82, 2.24) is 5.01 Å². The number of benzene rings is 2. The average molecular weight is 395 g/mol. The van der Waals surface area contributed by atoms with Crippen LogP contribution in [0.1, 0.15) is 51.5 Å². The number of hydrogen-bond donors (Lipinski definition) is 0. The number of rotatable bonds is 6. The van der Waals surface area contributed by atoms with Crippen LogP contribution in [0.2, 0.25) is 0 Å². The van der Waals surface area contributed by atoms with Crippen LogP contribution in [0.4, 0.5) is 0 Å². The molecule has 0 saturated carbocycles. The summed E-state index contributed by atoms with van der Waals surface area (Å²) in [7, 11) is 0. The first-order chi connectivity index (χ1) is 13.4. The van der Waals surface area contributed by atoms with E-state index in [0.717, 1.165) is 39.9 Å². The summed E-state index contributed by atoms with van der Waals surface area (Å²) in [5.41, 5.74) is 7.24. The van der Waals surface area contributed by atoms with Gasteiger partial charge in [0.05, 0.1) is 18.0 Å². The summed E-state index contributed by atoms with van der Waals surface area (Å²) in [5, 5.41) is 6.10. The average Bonchev–Trinajstić information content (AvgIpc) is 3.14. The van der Waals surface area contributed by atoms with E-state index in [1.165, 1.54) is 5.56 Å². The van der Waals surface area contributed by atoms with Gasteiger partial charge in [0.2, 0.25) is 0 Å². The van der Waals surface area contributed by atoms with Gasteiger partial charge >= 0.3 is 0 Å². The second-order valence-corrected chi connectivity index (χ2v) is 8.20. The molecule has 28 heavy (non-hydrogen) atoms. The van der Waals surface area contributed by atoms with Gasteiger partial charge in [-0.3, -0.25) is 9.59 Å². The van der Waals surface area contributed by atoms with E-state index in [1.807, 2.05) is 44.2 Å². The Hall–Kier alpha value is -2.40. The molecule has 3 rings (SSSR count). The summed E-state index contributed by atoms with van der Waals surface area (Å²) in [6.07, 6.45) is 0.790. The molecular weight excluding hydrogens is 368 g/mol. The number of carbonyl (C=O) groups excluding carboxylic acids is 2. The SMILES string of the molecule is CC(=O)c1c(C)cc(C)c(CSCC(=O)N2CCC(c3ccccc3)=N2)c1C. The Kier molecular flexibility index (Phi) is 6.35. The first-order valence-electron chi connectivity index (χ1n) is 9.50. The molecule has 4 nitrogen and oxygen atoms in total. The van der Waals surface area contributed by atoms with Gasteiger partial charge in [-0.25, -0.2) is 5.01 Å². The number of carbonyl (C=O) groups is 2. The van der Waals surface area contributed by atoms with Gasteiger partial charge in [-0.15, -0.1) is 11.8 Å². The summed E-state index contributed by atoms with van der Waals surface area (Å²) in [6, 6.07) is 12.1. The van der Waals surface area contributed by atoms with Crippen LogP contribution in [0.15, 0.2) is 41.5 Å². The van der Waals surface area contributed by atoms with E-state index in [4.69, 9.17) is 0 Å². The van der Waals surface area contributed by atoms with Crippen LogP contribution in [-0.4, -0.2) is 34.7 Å². The van der Waals surface area contributed by atoms with Gasteiger partial charge in [0.15, 0.2) is 5.78 Å². The number of hydrogen-bond acceptors (Lipinski definition) is 4. The molecule has 0 spiro atoms. The van der Waals surface area contributed by atoms with Crippen molar-refractivity contribution in [2.45, 2.75) is 39.9 Å². The number of hydrazone groups is 1. The third-order valence-corrected chi connectivity index (χ3v) is 6.10. The Morgan fingerprint density at radius 2 is 1.82 bits per heavy atom. The molecule has 0 bridgehead atoms. The summed E-state index contributed by atoms with van der Waals surface area (Å²) in [4.78, 5) is 24.5. The van der Waals surface area contributed by atoms with Crippen molar-refractivity contribution < 1.29 is 9.59 Å². The quantitative estimate of drug-likeness (QED) is 0.668.